The second-order valence-electron chi connectivity index (χ2n) is 5.23. The number of hydrogen-bond donors (Lipinski definition) is 2. The summed E-state index contributed by atoms with van der Waals surface area (Å²) in [6.07, 6.45) is 6.35. The standard InChI is InChI=1S/C13H25NO3/c1-10-4-3-5-11(8-10)6-7-14-12(9-17-2)13(15)16/h10-12,14H,3-9H2,1-2H3,(H,15,16). The van der Waals surface area contributed by atoms with E-state index in [4.69, 9.17) is 9.84 Å². The third-order valence-electron chi connectivity index (χ3n) is 3.62. The average Bonchev–Trinajstić information content (AvgIpc) is 2.28. The highest BCUT2D eigenvalue weighted by atomic mass is 16.5. The third kappa shape index (κ3) is 5.50. The summed E-state index contributed by atoms with van der Waals surface area (Å²) in [6, 6.07) is -0.569. The molecule has 0 bridgehead atoms. The summed E-state index contributed by atoms with van der Waals surface area (Å²) in [5, 5.41) is 12.0. The van der Waals surface area contributed by atoms with Crippen molar-refractivity contribution < 1.29 is 14.6 Å². The zero-order valence-corrected chi connectivity index (χ0v) is 10.9. The predicted molar refractivity (Wildman–Crippen MR) is 67.0 cm³/mol. The Bertz CT molecular complexity index is 233. The fourth-order valence-electron chi connectivity index (χ4n) is 2.67. The van der Waals surface area contributed by atoms with E-state index in [0.717, 1.165) is 24.8 Å². The molecule has 3 atom stereocenters. The zero-order valence-electron chi connectivity index (χ0n) is 10.9. The van der Waals surface area contributed by atoms with Gasteiger partial charge in [0, 0.05) is 7.11 Å². The fraction of sp³-hybridized carbons (Fsp3) is 0.923. The van der Waals surface area contributed by atoms with E-state index < -0.39 is 12.0 Å². The minimum atomic E-state index is -0.830. The van der Waals surface area contributed by atoms with E-state index in [2.05, 4.69) is 12.2 Å². The van der Waals surface area contributed by atoms with Crippen LogP contribution in [-0.4, -0.2) is 37.4 Å². The molecule has 0 saturated heterocycles. The molecule has 0 heterocycles. The van der Waals surface area contributed by atoms with Crippen molar-refractivity contribution in [2.45, 2.75) is 45.1 Å². The molecule has 1 aliphatic rings. The van der Waals surface area contributed by atoms with Gasteiger partial charge in [-0.15, -0.1) is 0 Å². The van der Waals surface area contributed by atoms with Crippen LogP contribution in [0.1, 0.15) is 39.0 Å². The van der Waals surface area contributed by atoms with Crippen molar-refractivity contribution >= 4 is 5.97 Å². The molecule has 2 N–H and O–H groups in total. The number of rotatable bonds is 7. The van der Waals surface area contributed by atoms with Gasteiger partial charge in [-0.1, -0.05) is 26.2 Å². The molecule has 3 unspecified atom stereocenters. The van der Waals surface area contributed by atoms with Crippen LogP contribution in [0, 0.1) is 11.8 Å². The van der Waals surface area contributed by atoms with E-state index in [9.17, 15) is 4.79 Å². The smallest absolute Gasteiger partial charge is 0.323 e. The maximum Gasteiger partial charge on any atom is 0.323 e. The van der Waals surface area contributed by atoms with Crippen molar-refractivity contribution in [1.82, 2.24) is 5.32 Å². The Hall–Kier alpha value is -0.610. The number of ether oxygens (including phenoxy) is 1. The van der Waals surface area contributed by atoms with E-state index in [0.29, 0.717) is 0 Å². The lowest BCUT2D eigenvalue weighted by molar-refractivity contribution is -0.140. The molecule has 1 aliphatic carbocycles. The van der Waals surface area contributed by atoms with Gasteiger partial charge < -0.3 is 15.2 Å². The van der Waals surface area contributed by atoms with E-state index in [1.807, 2.05) is 0 Å². The Labute approximate surface area is 104 Å². The summed E-state index contributed by atoms with van der Waals surface area (Å²) >= 11 is 0. The molecule has 0 aliphatic heterocycles. The molecule has 0 aromatic carbocycles. The number of carboxylic acid groups (broad SMARTS) is 1. The molecular formula is C13H25NO3. The van der Waals surface area contributed by atoms with Crippen LogP contribution in [0.25, 0.3) is 0 Å². The lowest BCUT2D eigenvalue weighted by atomic mass is 9.81. The van der Waals surface area contributed by atoms with Crippen LogP contribution in [-0.2, 0) is 9.53 Å². The van der Waals surface area contributed by atoms with Gasteiger partial charge in [-0.2, -0.15) is 0 Å². The van der Waals surface area contributed by atoms with Crippen LogP contribution >= 0.6 is 0 Å². The second kappa shape index (κ2) is 7.67. The fourth-order valence-corrected chi connectivity index (χ4v) is 2.67. The van der Waals surface area contributed by atoms with Crippen LogP contribution in [0.2, 0.25) is 0 Å². The van der Waals surface area contributed by atoms with Crippen molar-refractivity contribution in [1.29, 1.82) is 0 Å². The molecule has 1 rings (SSSR count). The van der Waals surface area contributed by atoms with Crippen LogP contribution in [0.3, 0.4) is 0 Å². The predicted octanol–water partition coefficient (Wildman–Crippen LogP) is 1.89. The number of aliphatic carboxylic acids is 1. The summed E-state index contributed by atoms with van der Waals surface area (Å²) in [7, 11) is 1.53. The number of nitrogens with one attached hydrogen (secondary N) is 1. The van der Waals surface area contributed by atoms with E-state index in [1.54, 1.807) is 0 Å². The molecule has 100 valence electrons. The Balaban J connectivity index is 2.18. The van der Waals surface area contributed by atoms with E-state index in [1.165, 1.54) is 32.8 Å². The molecular weight excluding hydrogens is 218 g/mol. The van der Waals surface area contributed by atoms with Gasteiger partial charge in [0.1, 0.15) is 6.04 Å². The minimum absolute atomic E-state index is 0.233. The van der Waals surface area contributed by atoms with Gasteiger partial charge in [-0.3, -0.25) is 4.79 Å². The highest BCUT2D eigenvalue weighted by molar-refractivity contribution is 5.73. The lowest BCUT2D eigenvalue weighted by Crippen LogP contribution is -2.41. The largest absolute Gasteiger partial charge is 0.480 e. The van der Waals surface area contributed by atoms with Gasteiger partial charge in [0.2, 0.25) is 0 Å². The molecule has 0 aromatic rings. The Morgan fingerprint density at radius 2 is 2.29 bits per heavy atom. The van der Waals surface area contributed by atoms with Crippen molar-refractivity contribution in [2.75, 3.05) is 20.3 Å². The molecule has 1 saturated carbocycles. The SMILES string of the molecule is COCC(NCCC1CCCC(C)C1)C(=O)O. The van der Waals surface area contributed by atoms with Gasteiger partial charge in [-0.05, 0) is 31.2 Å². The number of hydrogen-bond acceptors (Lipinski definition) is 3. The Morgan fingerprint density at radius 3 is 2.88 bits per heavy atom. The van der Waals surface area contributed by atoms with Gasteiger partial charge in [0.15, 0.2) is 0 Å². The molecule has 0 aromatic heterocycles. The minimum Gasteiger partial charge on any atom is -0.480 e. The highest BCUT2D eigenvalue weighted by Crippen LogP contribution is 2.30. The van der Waals surface area contributed by atoms with Gasteiger partial charge in [-0.25, -0.2) is 0 Å². The van der Waals surface area contributed by atoms with Crippen LogP contribution in [0.15, 0.2) is 0 Å². The summed E-state index contributed by atoms with van der Waals surface area (Å²) in [6.45, 7) is 3.32. The maximum atomic E-state index is 10.9. The normalized spacial score (nSPS) is 26.7. The van der Waals surface area contributed by atoms with Crippen molar-refractivity contribution in [3.05, 3.63) is 0 Å². The molecule has 0 amide bonds. The van der Waals surface area contributed by atoms with E-state index in [-0.39, 0.29) is 6.61 Å². The molecule has 4 nitrogen and oxygen atoms in total. The topological polar surface area (TPSA) is 58.6 Å². The third-order valence-corrected chi connectivity index (χ3v) is 3.62. The van der Waals surface area contributed by atoms with Gasteiger partial charge in [0.25, 0.3) is 0 Å². The first-order valence-electron chi connectivity index (χ1n) is 6.58. The summed E-state index contributed by atoms with van der Waals surface area (Å²) in [5.74, 6) is 0.773. The van der Waals surface area contributed by atoms with Gasteiger partial charge in [0.05, 0.1) is 6.61 Å². The molecule has 0 radical (unpaired) electrons. The van der Waals surface area contributed by atoms with Crippen LogP contribution < -0.4 is 5.32 Å². The quantitative estimate of drug-likeness (QED) is 0.717. The van der Waals surface area contributed by atoms with Crippen molar-refractivity contribution in [3.8, 4) is 0 Å². The second-order valence-corrected chi connectivity index (χ2v) is 5.23. The maximum absolute atomic E-state index is 10.9. The highest BCUT2D eigenvalue weighted by Gasteiger charge is 2.20. The monoisotopic (exact) mass is 243 g/mol. The summed E-state index contributed by atoms with van der Waals surface area (Å²) in [5.41, 5.74) is 0. The molecule has 1 fully saturated rings. The van der Waals surface area contributed by atoms with Crippen LogP contribution in [0.5, 0.6) is 0 Å². The van der Waals surface area contributed by atoms with E-state index >= 15 is 0 Å². The first-order chi connectivity index (χ1) is 8.13. The van der Waals surface area contributed by atoms with Crippen LogP contribution in [0.4, 0.5) is 0 Å². The lowest BCUT2D eigenvalue weighted by Gasteiger charge is -2.27. The number of methoxy groups -OCH3 is 1. The first-order valence-corrected chi connectivity index (χ1v) is 6.58. The zero-order chi connectivity index (χ0) is 12.7. The Kier molecular flexibility index (Phi) is 6.52. The first kappa shape index (κ1) is 14.5. The molecule has 17 heavy (non-hydrogen) atoms. The molecule has 4 heteroatoms. The Morgan fingerprint density at radius 1 is 1.53 bits per heavy atom. The average molecular weight is 243 g/mol. The number of carbonyl (C=O) groups is 1. The summed E-state index contributed by atoms with van der Waals surface area (Å²) < 4.78 is 4.88. The van der Waals surface area contributed by atoms with Gasteiger partial charge >= 0.3 is 5.97 Å². The number of carboxylic acids is 1. The summed E-state index contributed by atoms with van der Waals surface area (Å²) in [4.78, 5) is 10.9. The van der Waals surface area contributed by atoms with Crippen molar-refractivity contribution in [3.63, 3.8) is 0 Å². The van der Waals surface area contributed by atoms with Crippen molar-refractivity contribution in [2.24, 2.45) is 11.8 Å². The molecule has 0 spiro atoms.